The van der Waals surface area contributed by atoms with E-state index in [1.807, 2.05) is 6.07 Å². The molecular weight excluding hydrogens is 300 g/mol. The Morgan fingerprint density at radius 1 is 1.15 bits per heavy atom. The van der Waals surface area contributed by atoms with Gasteiger partial charge in [-0.05, 0) is 17.7 Å². The number of nitrogens with zero attached hydrogens (tertiary/aromatic N) is 2. The summed E-state index contributed by atoms with van der Waals surface area (Å²) in [5.41, 5.74) is 1.01. The van der Waals surface area contributed by atoms with Crippen molar-refractivity contribution in [3.8, 4) is 6.07 Å². The van der Waals surface area contributed by atoms with Crippen molar-refractivity contribution in [2.45, 2.75) is 5.75 Å². The van der Waals surface area contributed by atoms with Gasteiger partial charge in [0.25, 0.3) is 0 Å². The molecule has 0 saturated heterocycles. The molecule has 0 spiro atoms. The summed E-state index contributed by atoms with van der Waals surface area (Å²) < 4.78 is 47.2. The summed E-state index contributed by atoms with van der Waals surface area (Å²) >= 11 is 0. The maximum Gasteiger partial charge on any atom is 0.218 e. The monoisotopic (exact) mass is 316 g/mol. The zero-order valence-corrected chi connectivity index (χ0v) is 12.9. The minimum Gasteiger partial charge on any atom is -0.229 e. The second-order valence-electron chi connectivity index (χ2n) is 4.52. The molecule has 0 aliphatic heterocycles. The summed E-state index contributed by atoms with van der Waals surface area (Å²) in [5.74, 6) is -0.435. The van der Waals surface area contributed by atoms with Gasteiger partial charge in [0.1, 0.15) is 9.84 Å². The lowest BCUT2D eigenvalue weighted by molar-refractivity contribution is 0.484. The van der Waals surface area contributed by atoms with E-state index in [-0.39, 0.29) is 18.1 Å². The Labute approximate surface area is 119 Å². The molecule has 20 heavy (non-hydrogen) atoms. The SMILES string of the molecule is CN(CCS(C)(=O)=O)S(=O)(=O)Cc1ccc(C#N)cc1. The van der Waals surface area contributed by atoms with Crippen molar-refractivity contribution in [1.82, 2.24) is 4.31 Å². The molecule has 0 aliphatic carbocycles. The van der Waals surface area contributed by atoms with Crippen LogP contribution in [0.5, 0.6) is 0 Å². The Kier molecular flexibility index (Phi) is 5.28. The lowest BCUT2D eigenvalue weighted by Gasteiger charge is -2.16. The average molecular weight is 316 g/mol. The molecule has 6 nitrogen and oxygen atoms in total. The zero-order chi connectivity index (χ0) is 15.4. The molecule has 0 atom stereocenters. The third-order valence-corrected chi connectivity index (χ3v) is 5.44. The van der Waals surface area contributed by atoms with Gasteiger partial charge in [0.05, 0.1) is 23.1 Å². The van der Waals surface area contributed by atoms with Gasteiger partial charge in [0.15, 0.2) is 0 Å². The molecule has 0 unspecified atom stereocenters. The molecule has 0 aliphatic rings. The lowest BCUT2D eigenvalue weighted by Crippen LogP contribution is -2.32. The van der Waals surface area contributed by atoms with Gasteiger partial charge >= 0.3 is 0 Å². The van der Waals surface area contributed by atoms with Crippen molar-refractivity contribution in [3.05, 3.63) is 35.4 Å². The largest absolute Gasteiger partial charge is 0.229 e. The van der Waals surface area contributed by atoms with Crippen molar-refractivity contribution in [2.24, 2.45) is 0 Å². The number of sulfonamides is 1. The van der Waals surface area contributed by atoms with Crippen LogP contribution < -0.4 is 0 Å². The molecule has 0 saturated carbocycles. The van der Waals surface area contributed by atoms with Crippen molar-refractivity contribution < 1.29 is 16.8 Å². The minimum atomic E-state index is -3.57. The van der Waals surface area contributed by atoms with Gasteiger partial charge in [0, 0.05) is 19.8 Å². The average Bonchev–Trinajstić information content (AvgIpc) is 2.35. The highest BCUT2D eigenvalue weighted by Gasteiger charge is 2.19. The van der Waals surface area contributed by atoms with Crippen LogP contribution in [-0.2, 0) is 25.6 Å². The van der Waals surface area contributed by atoms with Crippen LogP contribution in [0.1, 0.15) is 11.1 Å². The maximum absolute atomic E-state index is 12.0. The first-order chi connectivity index (χ1) is 9.14. The molecule has 0 fully saturated rings. The van der Waals surface area contributed by atoms with E-state index in [9.17, 15) is 16.8 Å². The highest BCUT2D eigenvalue weighted by atomic mass is 32.2. The fraction of sp³-hybridized carbons (Fsp3) is 0.417. The Balaban J connectivity index is 2.76. The predicted molar refractivity (Wildman–Crippen MR) is 76.1 cm³/mol. The van der Waals surface area contributed by atoms with Crippen LogP contribution in [0.25, 0.3) is 0 Å². The predicted octanol–water partition coefficient (Wildman–Crippen LogP) is 0.364. The van der Waals surface area contributed by atoms with Crippen LogP contribution in [0.4, 0.5) is 0 Å². The Bertz CT molecular complexity index is 701. The van der Waals surface area contributed by atoms with E-state index in [0.29, 0.717) is 11.1 Å². The maximum atomic E-state index is 12.0. The van der Waals surface area contributed by atoms with E-state index >= 15 is 0 Å². The van der Waals surface area contributed by atoms with Gasteiger partial charge in [-0.25, -0.2) is 21.1 Å². The lowest BCUT2D eigenvalue weighted by atomic mass is 10.2. The summed E-state index contributed by atoms with van der Waals surface area (Å²) in [4.78, 5) is 0. The van der Waals surface area contributed by atoms with Gasteiger partial charge in [-0.3, -0.25) is 0 Å². The van der Waals surface area contributed by atoms with Crippen LogP contribution >= 0.6 is 0 Å². The Morgan fingerprint density at radius 2 is 1.70 bits per heavy atom. The van der Waals surface area contributed by atoms with E-state index in [1.54, 1.807) is 24.3 Å². The summed E-state index contributed by atoms with van der Waals surface area (Å²) in [6.45, 7) is -0.0720. The van der Waals surface area contributed by atoms with E-state index < -0.39 is 19.9 Å². The number of nitriles is 1. The fourth-order valence-electron chi connectivity index (χ4n) is 1.43. The van der Waals surface area contributed by atoms with Gasteiger partial charge < -0.3 is 0 Å². The van der Waals surface area contributed by atoms with Gasteiger partial charge in [-0.1, -0.05) is 12.1 Å². The second-order valence-corrected chi connectivity index (χ2v) is 8.85. The highest BCUT2D eigenvalue weighted by molar-refractivity contribution is 7.90. The quantitative estimate of drug-likeness (QED) is 0.755. The Hall–Kier alpha value is -1.43. The number of hydrogen-bond donors (Lipinski definition) is 0. The number of rotatable bonds is 6. The van der Waals surface area contributed by atoms with Crippen molar-refractivity contribution in [1.29, 1.82) is 5.26 Å². The number of benzene rings is 1. The molecule has 0 bridgehead atoms. The molecule has 1 aromatic carbocycles. The van der Waals surface area contributed by atoms with Crippen molar-refractivity contribution >= 4 is 19.9 Å². The molecule has 0 radical (unpaired) electrons. The van der Waals surface area contributed by atoms with Crippen molar-refractivity contribution in [2.75, 3.05) is 25.6 Å². The van der Waals surface area contributed by atoms with Crippen LogP contribution in [0.15, 0.2) is 24.3 Å². The van der Waals surface area contributed by atoms with E-state index in [0.717, 1.165) is 10.6 Å². The normalized spacial score (nSPS) is 12.3. The van der Waals surface area contributed by atoms with Crippen LogP contribution in [0.2, 0.25) is 0 Å². The molecule has 1 rings (SSSR count). The summed E-state index contributed by atoms with van der Waals surface area (Å²) in [7, 11) is -5.42. The fourth-order valence-corrected chi connectivity index (χ4v) is 3.35. The summed E-state index contributed by atoms with van der Waals surface area (Å²) in [5, 5.41) is 8.66. The molecule has 0 amide bonds. The standard InChI is InChI=1S/C12H16N2O4S2/c1-14(7-8-19(2,15)16)20(17,18)10-12-5-3-11(9-13)4-6-12/h3-6H,7-8,10H2,1-2H3. The Morgan fingerprint density at radius 3 is 2.15 bits per heavy atom. The van der Waals surface area contributed by atoms with Gasteiger partial charge in [0.2, 0.25) is 10.0 Å². The first kappa shape index (κ1) is 16.6. The van der Waals surface area contributed by atoms with Crippen LogP contribution in [0.3, 0.4) is 0 Å². The van der Waals surface area contributed by atoms with E-state index in [1.165, 1.54) is 7.05 Å². The van der Waals surface area contributed by atoms with Gasteiger partial charge in [-0.2, -0.15) is 5.26 Å². The molecule has 8 heteroatoms. The zero-order valence-electron chi connectivity index (χ0n) is 11.3. The minimum absolute atomic E-state index is 0.0720. The molecule has 0 aromatic heterocycles. The third-order valence-electron chi connectivity index (χ3n) is 2.68. The smallest absolute Gasteiger partial charge is 0.218 e. The summed E-state index contributed by atoms with van der Waals surface area (Å²) in [6, 6.07) is 8.18. The van der Waals surface area contributed by atoms with Crippen molar-refractivity contribution in [3.63, 3.8) is 0 Å². The molecule has 110 valence electrons. The van der Waals surface area contributed by atoms with E-state index in [4.69, 9.17) is 5.26 Å². The van der Waals surface area contributed by atoms with Crippen LogP contribution in [-0.4, -0.2) is 46.7 Å². The topological polar surface area (TPSA) is 95.3 Å². The highest BCUT2D eigenvalue weighted by Crippen LogP contribution is 2.11. The van der Waals surface area contributed by atoms with Crippen LogP contribution in [0, 0.1) is 11.3 Å². The first-order valence-corrected chi connectivity index (χ1v) is 9.42. The summed E-state index contributed by atoms with van der Waals surface area (Å²) in [6.07, 6.45) is 1.06. The molecule has 1 aromatic rings. The third kappa shape index (κ3) is 5.28. The molecule has 0 N–H and O–H groups in total. The number of hydrogen-bond acceptors (Lipinski definition) is 5. The first-order valence-electron chi connectivity index (χ1n) is 5.75. The number of sulfone groups is 1. The van der Waals surface area contributed by atoms with E-state index in [2.05, 4.69) is 0 Å². The molecule has 0 heterocycles. The van der Waals surface area contributed by atoms with Gasteiger partial charge in [-0.15, -0.1) is 0 Å². The second kappa shape index (κ2) is 6.35. The molecular formula is C12H16N2O4S2.